The van der Waals surface area contributed by atoms with Crippen molar-refractivity contribution in [3.05, 3.63) is 11.8 Å². The van der Waals surface area contributed by atoms with Gasteiger partial charge in [-0.25, -0.2) is 4.98 Å². The zero-order valence-corrected chi connectivity index (χ0v) is 12.5. The predicted octanol–water partition coefficient (Wildman–Crippen LogP) is 2.69. The van der Waals surface area contributed by atoms with Crippen LogP contribution in [0.1, 0.15) is 32.4 Å². The van der Waals surface area contributed by atoms with Gasteiger partial charge in [-0.05, 0) is 25.7 Å². The Balaban J connectivity index is 2.46. The Morgan fingerprint density at radius 2 is 2.00 bits per heavy atom. The molecular weight excluding hydrogens is 240 g/mol. The van der Waals surface area contributed by atoms with Gasteiger partial charge < -0.3 is 15.4 Å². The van der Waals surface area contributed by atoms with Crippen LogP contribution in [0.15, 0.2) is 6.07 Å². The fourth-order valence-corrected chi connectivity index (χ4v) is 1.64. The highest BCUT2D eigenvalue weighted by atomic mass is 16.5. The topological polar surface area (TPSA) is 59.1 Å². The minimum absolute atomic E-state index is 0.683. The molecule has 0 bridgehead atoms. The molecule has 0 atom stereocenters. The Hall–Kier alpha value is -1.36. The lowest BCUT2D eigenvalue weighted by molar-refractivity contribution is 0.197. The smallest absolute Gasteiger partial charge is 0.224 e. The number of hydrogen-bond donors (Lipinski definition) is 2. The molecule has 1 heterocycles. The van der Waals surface area contributed by atoms with Crippen LogP contribution in [0.2, 0.25) is 0 Å². The molecule has 0 saturated heterocycles. The number of methoxy groups -OCH3 is 1. The van der Waals surface area contributed by atoms with Gasteiger partial charge in [-0.3, -0.25) is 0 Å². The van der Waals surface area contributed by atoms with Gasteiger partial charge in [0.05, 0.1) is 0 Å². The summed E-state index contributed by atoms with van der Waals surface area (Å²) in [5.41, 5.74) is 0.969. The molecule has 0 fully saturated rings. The number of anilines is 2. The number of aromatic nitrogens is 2. The van der Waals surface area contributed by atoms with Crippen molar-refractivity contribution in [1.82, 2.24) is 9.97 Å². The van der Waals surface area contributed by atoms with Crippen LogP contribution in [0, 0.1) is 12.8 Å². The Morgan fingerprint density at radius 1 is 1.21 bits per heavy atom. The molecule has 0 spiro atoms. The average molecular weight is 266 g/mol. The van der Waals surface area contributed by atoms with Gasteiger partial charge in [0.15, 0.2) is 0 Å². The van der Waals surface area contributed by atoms with E-state index >= 15 is 0 Å². The van der Waals surface area contributed by atoms with Crippen LogP contribution in [0.3, 0.4) is 0 Å². The maximum atomic E-state index is 5.01. The molecule has 0 aliphatic rings. The lowest BCUT2D eigenvalue weighted by Gasteiger charge is -2.10. The molecule has 1 rings (SSSR count). The van der Waals surface area contributed by atoms with Gasteiger partial charge in [-0.1, -0.05) is 13.8 Å². The van der Waals surface area contributed by atoms with Gasteiger partial charge in [0, 0.05) is 38.6 Å². The van der Waals surface area contributed by atoms with Crippen LogP contribution in [0.25, 0.3) is 0 Å². The van der Waals surface area contributed by atoms with Crippen molar-refractivity contribution in [1.29, 1.82) is 0 Å². The van der Waals surface area contributed by atoms with Crippen molar-refractivity contribution in [2.75, 3.05) is 37.4 Å². The molecule has 5 nitrogen and oxygen atoms in total. The highest BCUT2D eigenvalue weighted by molar-refractivity contribution is 5.42. The second-order valence-electron chi connectivity index (χ2n) is 5.10. The van der Waals surface area contributed by atoms with Crippen LogP contribution in [-0.4, -0.2) is 36.8 Å². The highest BCUT2D eigenvalue weighted by Gasteiger charge is 2.02. The van der Waals surface area contributed by atoms with E-state index in [1.807, 2.05) is 13.0 Å². The SMILES string of the molecule is COCCCNc1nc(C)cc(NCCC(C)C)n1. The van der Waals surface area contributed by atoms with E-state index in [1.165, 1.54) is 0 Å². The highest BCUT2D eigenvalue weighted by Crippen LogP contribution is 2.10. The Kier molecular flexibility index (Phi) is 7.18. The number of nitrogens with zero attached hydrogens (tertiary/aromatic N) is 2. The van der Waals surface area contributed by atoms with E-state index in [1.54, 1.807) is 7.11 Å². The summed E-state index contributed by atoms with van der Waals surface area (Å²) < 4.78 is 5.01. The molecule has 19 heavy (non-hydrogen) atoms. The van der Waals surface area contributed by atoms with Crippen LogP contribution < -0.4 is 10.6 Å². The van der Waals surface area contributed by atoms with Crippen molar-refractivity contribution in [2.45, 2.75) is 33.6 Å². The maximum absolute atomic E-state index is 5.01. The molecule has 0 unspecified atom stereocenters. The normalized spacial score (nSPS) is 10.8. The minimum Gasteiger partial charge on any atom is -0.385 e. The standard InChI is InChI=1S/C14H26N4O/c1-11(2)6-8-15-13-10-12(3)17-14(18-13)16-7-5-9-19-4/h10-11H,5-9H2,1-4H3,(H2,15,16,17,18). The molecule has 0 amide bonds. The van der Waals surface area contributed by atoms with E-state index in [0.29, 0.717) is 11.9 Å². The maximum Gasteiger partial charge on any atom is 0.224 e. The van der Waals surface area contributed by atoms with Gasteiger partial charge in [0.1, 0.15) is 5.82 Å². The summed E-state index contributed by atoms with van der Waals surface area (Å²) in [5.74, 6) is 2.27. The molecule has 0 radical (unpaired) electrons. The van der Waals surface area contributed by atoms with Gasteiger partial charge in [0.2, 0.25) is 5.95 Å². The quantitative estimate of drug-likeness (QED) is 0.673. The summed E-state index contributed by atoms with van der Waals surface area (Å²) >= 11 is 0. The van der Waals surface area contributed by atoms with E-state index in [2.05, 4.69) is 34.4 Å². The molecule has 1 aromatic rings. The van der Waals surface area contributed by atoms with Crippen LogP contribution in [0.4, 0.5) is 11.8 Å². The van der Waals surface area contributed by atoms with Crippen molar-refractivity contribution < 1.29 is 4.74 Å². The van der Waals surface area contributed by atoms with Gasteiger partial charge in [-0.15, -0.1) is 0 Å². The Bertz CT molecular complexity index is 368. The molecule has 0 aliphatic heterocycles. The summed E-state index contributed by atoms with van der Waals surface area (Å²) in [6.45, 7) is 8.93. The molecule has 0 aromatic carbocycles. The first-order valence-corrected chi connectivity index (χ1v) is 6.94. The molecule has 2 N–H and O–H groups in total. The number of hydrogen-bond acceptors (Lipinski definition) is 5. The molecule has 5 heteroatoms. The fourth-order valence-electron chi connectivity index (χ4n) is 1.64. The number of ether oxygens (including phenoxy) is 1. The van der Waals surface area contributed by atoms with Crippen molar-refractivity contribution in [2.24, 2.45) is 5.92 Å². The minimum atomic E-state index is 0.683. The van der Waals surface area contributed by atoms with Gasteiger partial charge >= 0.3 is 0 Å². The van der Waals surface area contributed by atoms with E-state index < -0.39 is 0 Å². The molecule has 1 aromatic heterocycles. The monoisotopic (exact) mass is 266 g/mol. The van der Waals surface area contributed by atoms with E-state index in [4.69, 9.17) is 4.74 Å². The van der Waals surface area contributed by atoms with Crippen LogP contribution in [-0.2, 0) is 4.74 Å². The number of aryl methyl sites for hydroxylation is 1. The van der Waals surface area contributed by atoms with Gasteiger partial charge in [0.25, 0.3) is 0 Å². The Labute approximate surface area is 116 Å². The van der Waals surface area contributed by atoms with E-state index in [-0.39, 0.29) is 0 Å². The van der Waals surface area contributed by atoms with Crippen LogP contribution >= 0.6 is 0 Å². The summed E-state index contributed by atoms with van der Waals surface area (Å²) in [7, 11) is 1.71. The number of rotatable bonds is 9. The zero-order chi connectivity index (χ0) is 14.1. The summed E-state index contributed by atoms with van der Waals surface area (Å²) in [6, 6.07) is 1.97. The number of nitrogens with one attached hydrogen (secondary N) is 2. The summed E-state index contributed by atoms with van der Waals surface area (Å²) in [6.07, 6.45) is 2.09. The summed E-state index contributed by atoms with van der Waals surface area (Å²) in [4.78, 5) is 8.83. The third-order valence-corrected chi connectivity index (χ3v) is 2.69. The van der Waals surface area contributed by atoms with Crippen molar-refractivity contribution in [3.8, 4) is 0 Å². The first-order valence-electron chi connectivity index (χ1n) is 6.94. The van der Waals surface area contributed by atoms with Crippen molar-refractivity contribution in [3.63, 3.8) is 0 Å². The van der Waals surface area contributed by atoms with Gasteiger partial charge in [-0.2, -0.15) is 4.98 Å². The third kappa shape index (κ3) is 6.96. The summed E-state index contributed by atoms with van der Waals surface area (Å²) in [5, 5.41) is 6.56. The molecule has 0 aliphatic carbocycles. The lowest BCUT2D eigenvalue weighted by Crippen LogP contribution is -2.11. The van der Waals surface area contributed by atoms with E-state index in [0.717, 1.165) is 44.0 Å². The second kappa shape index (κ2) is 8.69. The Morgan fingerprint density at radius 3 is 2.68 bits per heavy atom. The third-order valence-electron chi connectivity index (χ3n) is 2.69. The average Bonchev–Trinajstić information content (AvgIpc) is 2.34. The lowest BCUT2D eigenvalue weighted by atomic mass is 10.1. The first-order chi connectivity index (χ1) is 9.11. The second-order valence-corrected chi connectivity index (χ2v) is 5.10. The fraction of sp³-hybridized carbons (Fsp3) is 0.714. The molecule has 108 valence electrons. The predicted molar refractivity (Wildman–Crippen MR) is 79.7 cm³/mol. The van der Waals surface area contributed by atoms with Crippen LogP contribution in [0.5, 0.6) is 0 Å². The van der Waals surface area contributed by atoms with E-state index in [9.17, 15) is 0 Å². The first kappa shape index (κ1) is 15.7. The largest absolute Gasteiger partial charge is 0.385 e. The molecule has 0 saturated carbocycles. The molecular formula is C14H26N4O. The zero-order valence-electron chi connectivity index (χ0n) is 12.5. The van der Waals surface area contributed by atoms with Crippen molar-refractivity contribution >= 4 is 11.8 Å².